The van der Waals surface area contributed by atoms with Gasteiger partial charge in [-0.2, -0.15) is 0 Å². The second-order valence-electron chi connectivity index (χ2n) is 4.40. The molecule has 0 amide bonds. The molecule has 0 aromatic heterocycles. The fourth-order valence-corrected chi connectivity index (χ4v) is 2.14. The molecule has 0 aliphatic heterocycles. The molecule has 0 saturated carbocycles. The Kier molecular flexibility index (Phi) is 4.51. The molecule has 0 bridgehead atoms. The average molecular weight is 283 g/mol. The molecule has 19 heavy (non-hydrogen) atoms. The van der Waals surface area contributed by atoms with Crippen molar-refractivity contribution in [3.8, 4) is 0 Å². The van der Waals surface area contributed by atoms with Crippen LogP contribution in [0.1, 0.15) is 11.1 Å². The molecule has 100 valence electrons. The molecule has 2 aromatic rings. The van der Waals surface area contributed by atoms with E-state index in [9.17, 15) is 13.9 Å². The summed E-state index contributed by atoms with van der Waals surface area (Å²) in [5.74, 6) is -1.79. The van der Waals surface area contributed by atoms with Gasteiger partial charge in [0, 0.05) is 11.4 Å². The predicted octanol–water partition coefficient (Wildman–Crippen LogP) is 3.76. The van der Waals surface area contributed by atoms with E-state index in [1.54, 1.807) is 6.07 Å². The molecule has 0 spiro atoms. The van der Waals surface area contributed by atoms with E-state index in [4.69, 9.17) is 11.6 Å². The zero-order valence-corrected chi connectivity index (χ0v) is 10.9. The van der Waals surface area contributed by atoms with Crippen molar-refractivity contribution in [1.29, 1.82) is 0 Å². The number of aliphatic hydroxyl groups excluding tert-OH is 1. The van der Waals surface area contributed by atoms with Crippen molar-refractivity contribution in [2.75, 3.05) is 0 Å². The Morgan fingerprint density at radius 2 is 1.74 bits per heavy atom. The van der Waals surface area contributed by atoms with Crippen LogP contribution in [-0.4, -0.2) is 11.2 Å². The summed E-state index contributed by atoms with van der Waals surface area (Å²) < 4.78 is 25.8. The molecule has 0 radical (unpaired) electrons. The second-order valence-corrected chi connectivity index (χ2v) is 4.81. The Morgan fingerprint density at radius 1 is 1.00 bits per heavy atom. The van der Waals surface area contributed by atoms with Crippen molar-refractivity contribution in [3.05, 3.63) is 70.2 Å². The minimum atomic E-state index is -0.901. The first kappa shape index (κ1) is 14.0. The zero-order chi connectivity index (χ0) is 13.8. The normalized spacial score (nSPS) is 12.4. The van der Waals surface area contributed by atoms with Gasteiger partial charge in [-0.25, -0.2) is 8.78 Å². The number of benzene rings is 2. The van der Waals surface area contributed by atoms with Gasteiger partial charge in [0.05, 0.1) is 6.10 Å². The maximum Gasteiger partial charge on any atom is 0.159 e. The third-order valence-electron chi connectivity index (χ3n) is 2.87. The molecule has 1 nitrogen and oxygen atoms in total. The van der Waals surface area contributed by atoms with E-state index in [0.29, 0.717) is 17.0 Å². The summed E-state index contributed by atoms with van der Waals surface area (Å²) in [5, 5.41) is 10.6. The van der Waals surface area contributed by atoms with Gasteiger partial charge in [-0.3, -0.25) is 0 Å². The van der Waals surface area contributed by atoms with Gasteiger partial charge in [-0.1, -0.05) is 35.9 Å². The van der Waals surface area contributed by atoms with Crippen molar-refractivity contribution in [2.24, 2.45) is 0 Å². The lowest BCUT2D eigenvalue weighted by Gasteiger charge is -2.12. The highest BCUT2D eigenvalue weighted by Crippen LogP contribution is 2.18. The Hall–Kier alpha value is -1.45. The van der Waals surface area contributed by atoms with E-state index in [1.807, 2.05) is 18.2 Å². The molecule has 2 aromatic carbocycles. The van der Waals surface area contributed by atoms with Gasteiger partial charge in [0.25, 0.3) is 0 Å². The highest BCUT2D eigenvalue weighted by molar-refractivity contribution is 6.31. The summed E-state index contributed by atoms with van der Waals surface area (Å²) in [6, 6.07) is 10.9. The van der Waals surface area contributed by atoms with Crippen molar-refractivity contribution < 1.29 is 13.9 Å². The molecule has 1 N–H and O–H groups in total. The number of rotatable bonds is 4. The highest BCUT2D eigenvalue weighted by Gasteiger charge is 2.11. The summed E-state index contributed by atoms with van der Waals surface area (Å²) in [6.07, 6.45) is -0.0640. The van der Waals surface area contributed by atoms with E-state index >= 15 is 0 Å². The first-order chi connectivity index (χ1) is 9.06. The third kappa shape index (κ3) is 3.75. The number of aliphatic hydroxyl groups is 1. The van der Waals surface area contributed by atoms with Crippen LogP contribution in [0.2, 0.25) is 5.02 Å². The average Bonchev–Trinajstić information content (AvgIpc) is 2.37. The molecule has 2 rings (SSSR count). The van der Waals surface area contributed by atoms with E-state index in [0.717, 1.165) is 17.7 Å². The first-order valence-corrected chi connectivity index (χ1v) is 6.29. The number of halogens is 3. The molecule has 0 heterocycles. The van der Waals surface area contributed by atoms with Crippen molar-refractivity contribution in [2.45, 2.75) is 18.9 Å². The van der Waals surface area contributed by atoms with Crippen LogP contribution in [0.25, 0.3) is 0 Å². The summed E-state index contributed by atoms with van der Waals surface area (Å²) in [7, 11) is 0. The van der Waals surface area contributed by atoms with Crippen LogP contribution in [0.5, 0.6) is 0 Å². The summed E-state index contributed by atoms with van der Waals surface area (Å²) in [6.45, 7) is 0. The molecule has 0 aliphatic carbocycles. The smallest absolute Gasteiger partial charge is 0.159 e. The topological polar surface area (TPSA) is 20.2 Å². The Morgan fingerprint density at radius 3 is 2.42 bits per heavy atom. The van der Waals surface area contributed by atoms with Crippen LogP contribution in [-0.2, 0) is 12.8 Å². The number of hydrogen-bond donors (Lipinski definition) is 1. The molecule has 1 atom stereocenters. The summed E-state index contributed by atoms with van der Waals surface area (Å²) >= 11 is 6.00. The van der Waals surface area contributed by atoms with Gasteiger partial charge < -0.3 is 5.11 Å². The molecular formula is C15H13ClF2O. The monoisotopic (exact) mass is 282 g/mol. The Labute approximate surface area is 115 Å². The van der Waals surface area contributed by atoms with E-state index in [-0.39, 0.29) is 6.42 Å². The lowest BCUT2D eigenvalue weighted by atomic mass is 10.0. The molecule has 0 aliphatic rings. The maximum absolute atomic E-state index is 13.0. The second kappa shape index (κ2) is 6.13. The van der Waals surface area contributed by atoms with Gasteiger partial charge in [0.1, 0.15) is 0 Å². The van der Waals surface area contributed by atoms with Gasteiger partial charge in [0.2, 0.25) is 0 Å². The highest BCUT2D eigenvalue weighted by atomic mass is 35.5. The van der Waals surface area contributed by atoms with E-state index < -0.39 is 17.7 Å². The fraction of sp³-hybridized carbons (Fsp3) is 0.200. The Balaban J connectivity index is 2.03. The first-order valence-electron chi connectivity index (χ1n) is 5.91. The maximum atomic E-state index is 13.0. The van der Waals surface area contributed by atoms with Crippen LogP contribution in [0.15, 0.2) is 42.5 Å². The zero-order valence-electron chi connectivity index (χ0n) is 10.1. The largest absolute Gasteiger partial charge is 0.392 e. The van der Waals surface area contributed by atoms with Crippen LogP contribution in [0, 0.1) is 11.6 Å². The fourth-order valence-electron chi connectivity index (χ4n) is 1.93. The summed E-state index contributed by atoms with van der Waals surface area (Å²) in [4.78, 5) is 0. The van der Waals surface area contributed by atoms with Gasteiger partial charge in [-0.15, -0.1) is 0 Å². The minimum Gasteiger partial charge on any atom is -0.392 e. The van der Waals surface area contributed by atoms with E-state index in [2.05, 4.69) is 0 Å². The molecule has 0 saturated heterocycles. The SMILES string of the molecule is OC(Cc1ccc(F)c(F)c1)Cc1ccccc1Cl. The molecule has 1 unspecified atom stereocenters. The van der Waals surface area contributed by atoms with Crippen LogP contribution >= 0.6 is 11.6 Å². The third-order valence-corrected chi connectivity index (χ3v) is 3.24. The van der Waals surface area contributed by atoms with E-state index in [1.165, 1.54) is 6.07 Å². The van der Waals surface area contributed by atoms with Crippen molar-refractivity contribution >= 4 is 11.6 Å². The number of hydrogen-bond acceptors (Lipinski definition) is 1. The molecule has 0 fully saturated rings. The van der Waals surface area contributed by atoms with Crippen molar-refractivity contribution in [3.63, 3.8) is 0 Å². The van der Waals surface area contributed by atoms with Gasteiger partial charge in [-0.05, 0) is 35.7 Å². The van der Waals surface area contributed by atoms with Crippen LogP contribution in [0.3, 0.4) is 0 Å². The predicted molar refractivity (Wildman–Crippen MR) is 71.2 cm³/mol. The lowest BCUT2D eigenvalue weighted by molar-refractivity contribution is 0.175. The van der Waals surface area contributed by atoms with Crippen LogP contribution < -0.4 is 0 Å². The standard InChI is InChI=1S/C15H13ClF2O/c16-13-4-2-1-3-11(13)9-12(19)7-10-5-6-14(17)15(18)8-10/h1-6,8,12,19H,7,9H2. The molecular weight excluding hydrogens is 270 g/mol. The Bertz CT molecular complexity index is 572. The van der Waals surface area contributed by atoms with Gasteiger partial charge >= 0.3 is 0 Å². The lowest BCUT2D eigenvalue weighted by Crippen LogP contribution is -2.14. The minimum absolute atomic E-state index is 0.252. The van der Waals surface area contributed by atoms with Gasteiger partial charge in [0.15, 0.2) is 11.6 Å². The van der Waals surface area contributed by atoms with Crippen LogP contribution in [0.4, 0.5) is 8.78 Å². The molecule has 4 heteroatoms. The quantitative estimate of drug-likeness (QED) is 0.905. The van der Waals surface area contributed by atoms with Crippen molar-refractivity contribution in [1.82, 2.24) is 0 Å². The summed E-state index contributed by atoms with van der Waals surface area (Å²) in [5.41, 5.74) is 1.39.